The number of oxime groups is 1. The molecular weight excluding hydrogens is 452 g/mol. The summed E-state index contributed by atoms with van der Waals surface area (Å²) in [4.78, 5) is 36.5. The number of amides is 2. The molecule has 0 bridgehead atoms. The lowest BCUT2D eigenvalue weighted by atomic mass is 10.1. The highest BCUT2D eigenvalue weighted by atomic mass is 79.9. The molecule has 2 aliphatic rings. The third-order valence-electron chi connectivity index (χ3n) is 5.35. The first-order valence-corrected chi connectivity index (χ1v) is 10.8. The van der Waals surface area contributed by atoms with Crippen LogP contribution >= 0.6 is 15.9 Å². The SMILES string of the molecule is C[C@H](OC(=O)N1CCC[C@@H]1C(=O)NC[C@@H]1CC(Br)=NO1)c1cnc2ccccc2c1. The molecule has 30 heavy (non-hydrogen) atoms. The molecule has 9 heteroatoms. The molecule has 0 unspecified atom stereocenters. The number of nitrogens with zero attached hydrogens (tertiary/aromatic N) is 3. The fourth-order valence-electron chi connectivity index (χ4n) is 3.69. The lowest BCUT2D eigenvalue weighted by molar-refractivity contribution is -0.125. The van der Waals surface area contributed by atoms with E-state index in [0.29, 0.717) is 25.9 Å². The van der Waals surface area contributed by atoms with Crippen molar-refractivity contribution < 1.29 is 19.2 Å². The fraction of sp³-hybridized carbons (Fsp3) is 0.429. The van der Waals surface area contributed by atoms with E-state index in [-0.39, 0.29) is 12.0 Å². The molecule has 2 aliphatic heterocycles. The van der Waals surface area contributed by atoms with Gasteiger partial charge in [0.25, 0.3) is 0 Å². The van der Waals surface area contributed by atoms with Crippen LogP contribution in [-0.2, 0) is 14.4 Å². The van der Waals surface area contributed by atoms with Gasteiger partial charge in [0.15, 0.2) is 6.10 Å². The van der Waals surface area contributed by atoms with Crippen LogP contribution in [0.4, 0.5) is 4.79 Å². The van der Waals surface area contributed by atoms with E-state index in [1.165, 1.54) is 4.90 Å². The summed E-state index contributed by atoms with van der Waals surface area (Å²) in [5.41, 5.74) is 1.70. The van der Waals surface area contributed by atoms with Crippen LogP contribution in [-0.4, -0.2) is 51.7 Å². The normalized spacial score (nSPS) is 21.8. The Labute approximate surface area is 182 Å². The Morgan fingerprint density at radius 3 is 3.03 bits per heavy atom. The summed E-state index contributed by atoms with van der Waals surface area (Å²) in [6.07, 6.45) is 2.55. The molecule has 0 aliphatic carbocycles. The van der Waals surface area contributed by atoms with Crippen molar-refractivity contribution in [3.63, 3.8) is 0 Å². The molecule has 3 heterocycles. The maximum absolute atomic E-state index is 12.8. The second-order valence-electron chi connectivity index (χ2n) is 7.48. The number of halogens is 1. The van der Waals surface area contributed by atoms with Crippen molar-refractivity contribution in [1.29, 1.82) is 0 Å². The second-order valence-corrected chi connectivity index (χ2v) is 8.40. The van der Waals surface area contributed by atoms with Gasteiger partial charge in [-0.2, -0.15) is 0 Å². The molecular formula is C21H23BrN4O4. The van der Waals surface area contributed by atoms with Gasteiger partial charge in [-0.1, -0.05) is 23.4 Å². The first-order valence-electron chi connectivity index (χ1n) is 9.99. The molecule has 0 saturated carbocycles. The molecule has 2 aromatic rings. The zero-order valence-corrected chi connectivity index (χ0v) is 18.2. The molecule has 158 valence electrons. The van der Waals surface area contributed by atoms with Gasteiger partial charge in [0.05, 0.1) is 12.1 Å². The maximum Gasteiger partial charge on any atom is 0.411 e. The first-order chi connectivity index (χ1) is 14.5. The predicted molar refractivity (Wildman–Crippen MR) is 115 cm³/mol. The van der Waals surface area contributed by atoms with Gasteiger partial charge >= 0.3 is 6.09 Å². The van der Waals surface area contributed by atoms with Crippen LogP contribution < -0.4 is 5.32 Å². The highest BCUT2D eigenvalue weighted by Crippen LogP contribution is 2.24. The van der Waals surface area contributed by atoms with Crippen molar-refractivity contribution in [2.75, 3.05) is 13.1 Å². The Bertz CT molecular complexity index is 982. The summed E-state index contributed by atoms with van der Waals surface area (Å²) in [6.45, 7) is 2.65. The van der Waals surface area contributed by atoms with Crippen LogP contribution in [0.15, 0.2) is 41.7 Å². The minimum absolute atomic E-state index is 0.189. The van der Waals surface area contributed by atoms with Gasteiger partial charge < -0.3 is 14.9 Å². The van der Waals surface area contributed by atoms with E-state index in [0.717, 1.165) is 27.5 Å². The van der Waals surface area contributed by atoms with Crippen LogP contribution in [0.1, 0.15) is 37.9 Å². The number of carbonyl (C=O) groups is 2. The van der Waals surface area contributed by atoms with Crippen molar-refractivity contribution in [3.8, 4) is 0 Å². The largest absolute Gasteiger partial charge is 0.441 e. The van der Waals surface area contributed by atoms with Gasteiger partial charge in [-0.05, 0) is 47.8 Å². The van der Waals surface area contributed by atoms with Crippen LogP contribution in [0.25, 0.3) is 10.9 Å². The third kappa shape index (κ3) is 4.56. The van der Waals surface area contributed by atoms with Crippen molar-refractivity contribution in [1.82, 2.24) is 15.2 Å². The molecule has 1 saturated heterocycles. The summed E-state index contributed by atoms with van der Waals surface area (Å²) in [5.74, 6) is -0.198. The number of rotatable bonds is 5. The number of nitrogens with one attached hydrogen (secondary N) is 1. The van der Waals surface area contributed by atoms with Crippen molar-refractivity contribution in [2.24, 2.45) is 5.16 Å². The standard InChI is InChI=1S/C21H23BrN4O4/c1-13(15-9-14-5-2-3-6-17(14)23-11-15)29-21(28)26-8-4-7-18(26)20(27)24-12-16-10-19(22)25-30-16/h2-3,5-6,9,11,13,16,18H,4,7-8,10,12H2,1H3,(H,24,27)/t13-,16-,18+/m0/s1. The number of fused-ring (bicyclic) bond motifs is 1. The van der Waals surface area contributed by atoms with Crippen LogP contribution in [0.3, 0.4) is 0 Å². The van der Waals surface area contributed by atoms with Crippen LogP contribution in [0.5, 0.6) is 0 Å². The number of pyridine rings is 1. The number of carbonyl (C=O) groups excluding carboxylic acids is 2. The summed E-state index contributed by atoms with van der Waals surface area (Å²) in [5, 5.41) is 7.66. The van der Waals surface area contributed by atoms with Crippen LogP contribution in [0, 0.1) is 0 Å². The topological polar surface area (TPSA) is 93.1 Å². The molecule has 0 spiro atoms. The van der Waals surface area contributed by atoms with E-state index < -0.39 is 18.2 Å². The molecule has 2 amide bonds. The maximum atomic E-state index is 12.8. The van der Waals surface area contributed by atoms with E-state index in [4.69, 9.17) is 9.57 Å². The number of ether oxygens (including phenoxy) is 1. The molecule has 4 rings (SSSR count). The van der Waals surface area contributed by atoms with Gasteiger partial charge in [0.1, 0.15) is 16.8 Å². The first kappa shape index (κ1) is 20.6. The van der Waals surface area contributed by atoms with Gasteiger partial charge in [0, 0.05) is 30.1 Å². The number of likely N-dealkylation sites (tertiary alicyclic amines) is 1. The Hall–Kier alpha value is -2.68. The molecule has 1 N–H and O–H groups in total. The van der Waals surface area contributed by atoms with Crippen molar-refractivity contribution >= 4 is 43.5 Å². The third-order valence-corrected chi connectivity index (χ3v) is 5.82. The molecule has 1 aromatic heterocycles. The highest BCUT2D eigenvalue weighted by Gasteiger charge is 2.36. The fourth-order valence-corrected chi connectivity index (χ4v) is 4.14. The highest BCUT2D eigenvalue weighted by molar-refractivity contribution is 9.18. The van der Waals surface area contributed by atoms with Gasteiger partial charge in [-0.25, -0.2) is 4.79 Å². The minimum Gasteiger partial charge on any atom is -0.441 e. The van der Waals surface area contributed by atoms with E-state index in [1.54, 1.807) is 6.20 Å². The summed E-state index contributed by atoms with van der Waals surface area (Å²) in [6, 6.07) is 9.21. The Kier molecular flexibility index (Phi) is 6.17. The molecule has 0 radical (unpaired) electrons. The zero-order chi connectivity index (χ0) is 21.1. The van der Waals surface area contributed by atoms with Crippen LogP contribution in [0.2, 0.25) is 0 Å². The lowest BCUT2D eigenvalue weighted by Crippen LogP contribution is -2.47. The van der Waals surface area contributed by atoms with E-state index in [9.17, 15) is 9.59 Å². The monoisotopic (exact) mass is 474 g/mol. The van der Waals surface area contributed by atoms with E-state index in [1.807, 2.05) is 37.3 Å². The molecule has 8 nitrogen and oxygen atoms in total. The predicted octanol–water partition coefficient (Wildman–Crippen LogP) is 3.51. The van der Waals surface area contributed by atoms with Crippen molar-refractivity contribution in [2.45, 2.75) is 44.4 Å². The smallest absolute Gasteiger partial charge is 0.411 e. The van der Waals surface area contributed by atoms with E-state index in [2.05, 4.69) is 31.4 Å². The number of hydrogen-bond donors (Lipinski definition) is 1. The number of hydrogen-bond acceptors (Lipinski definition) is 6. The summed E-state index contributed by atoms with van der Waals surface area (Å²) >= 11 is 3.27. The summed E-state index contributed by atoms with van der Waals surface area (Å²) in [7, 11) is 0. The van der Waals surface area contributed by atoms with Gasteiger partial charge in [-0.3, -0.25) is 14.7 Å². The average Bonchev–Trinajstić information content (AvgIpc) is 3.40. The second kappa shape index (κ2) is 8.99. The number of para-hydroxylation sites is 1. The summed E-state index contributed by atoms with van der Waals surface area (Å²) < 4.78 is 6.39. The quantitative estimate of drug-likeness (QED) is 0.715. The number of aromatic nitrogens is 1. The Morgan fingerprint density at radius 2 is 2.23 bits per heavy atom. The molecule has 1 fully saturated rings. The average molecular weight is 475 g/mol. The van der Waals surface area contributed by atoms with Gasteiger partial charge in [-0.15, -0.1) is 0 Å². The molecule has 1 aromatic carbocycles. The van der Waals surface area contributed by atoms with Gasteiger partial charge in [0.2, 0.25) is 5.91 Å². The Morgan fingerprint density at radius 1 is 1.40 bits per heavy atom. The lowest BCUT2D eigenvalue weighted by Gasteiger charge is -2.25. The number of benzene rings is 1. The molecule has 3 atom stereocenters. The Balaban J connectivity index is 1.34. The van der Waals surface area contributed by atoms with Crippen molar-refractivity contribution in [3.05, 3.63) is 42.1 Å². The zero-order valence-electron chi connectivity index (χ0n) is 16.6. The van der Waals surface area contributed by atoms with E-state index >= 15 is 0 Å². The minimum atomic E-state index is -0.537.